The number of methoxy groups -OCH3 is 1. The Hall–Kier alpha value is -2.38. The van der Waals surface area contributed by atoms with E-state index in [2.05, 4.69) is 6.58 Å². The molecule has 3 fully saturated rings. The molecule has 2 saturated carbocycles. The molecule has 5 unspecified atom stereocenters. The molecule has 3 aliphatic rings. The molecule has 8 heteroatoms. The highest BCUT2D eigenvalue weighted by Crippen LogP contribution is 2.58. The Balaban J connectivity index is 1.68. The first-order chi connectivity index (χ1) is 11.3. The van der Waals surface area contributed by atoms with Crippen molar-refractivity contribution in [3.8, 4) is 0 Å². The highest BCUT2D eigenvalue weighted by molar-refractivity contribution is 5.89. The summed E-state index contributed by atoms with van der Waals surface area (Å²) in [6.45, 7) is 4.31. The van der Waals surface area contributed by atoms with Crippen LogP contribution in [-0.4, -0.2) is 49.8 Å². The van der Waals surface area contributed by atoms with Crippen LogP contribution in [0.15, 0.2) is 12.2 Å². The number of rotatable bonds is 5. The molecule has 130 valence electrons. The second-order valence-electron chi connectivity index (χ2n) is 6.35. The van der Waals surface area contributed by atoms with Crippen molar-refractivity contribution in [3.63, 3.8) is 0 Å². The third kappa shape index (κ3) is 2.46. The number of carbonyl (C=O) groups excluding carboxylic acids is 4. The molecule has 0 radical (unpaired) electrons. The molecule has 8 nitrogen and oxygen atoms in total. The molecule has 0 aromatic heterocycles. The maximum atomic E-state index is 12.0. The smallest absolute Gasteiger partial charge is 0.344 e. The Bertz CT molecular complexity index is 624. The molecule has 1 saturated heterocycles. The van der Waals surface area contributed by atoms with E-state index in [1.165, 1.54) is 14.0 Å². The van der Waals surface area contributed by atoms with Gasteiger partial charge >= 0.3 is 23.9 Å². The Morgan fingerprint density at radius 2 is 2.00 bits per heavy atom. The first-order valence-electron chi connectivity index (χ1n) is 7.65. The number of ether oxygens (including phenoxy) is 4. The maximum absolute atomic E-state index is 12.0. The minimum Gasteiger partial charge on any atom is -0.469 e. The van der Waals surface area contributed by atoms with Crippen molar-refractivity contribution in [2.75, 3.05) is 13.7 Å². The lowest BCUT2D eigenvalue weighted by atomic mass is 9.78. The van der Waals surface area contributed by atoms with Gasteiger partial charge in [-0.3, -0.25) is 9.59 Å². The SMILES string of the molecule is C=C(C)C(=O)OCC(=O)OC1C2OC(=O)C3C2C[C@H]1C3C(=O)OC. The summed E-state index contributed by atoms with van der Waals surface area (Å²) in [7, 11) is 1.25. The molecular weight excluding hydrogens is 320 g/mol. The minimum absolute atomic E-state index is 0.151. The van der Waals surface area contributed by atoms with Crippen LogP contribution in [0.2, 0.25) is 0 Å². The summed E-state index contributed by atoms with van der Waals surface area (Å²) >= 11 is 0. The quantitative estimate of drug-likeness (QED) is 0.392. The van der Waals surface area contributed by atoms with E-state index in [0.717, 1.165) is 0 Å². The van der Waals surface area contributed by atoms with Crippen LogP contribution in [0.25, 0.3) is 0 Å². The summed E-state index contributed by atoms with van der Waals surface area (Å²) in [5, 5.41) is 0. The van der Waals surface area contributed by atoms with Crippen LogP contribution in [0.5, 0.6) is 0 Å². The fourth-order valence-corrected chi connectivity index (χ4v) is 4.04. The second kappa shape index (κ2) is 5.92. The van der Waals surface area contributed by atoms with Crippen LogP contribution < -0.4 is 0 Å². The largest absolute Gasteiger partial charge is 0.469 e. The van der Waals surface area contributed by atoms with Gasteiger partial charge in [-0.25, -0.2) is 9.59 Å². The molecule has 0 aromatic carbocycles. The molecule has 2 bridgehead atoms. The number of hydrogen-bond acceptors (Lipinski definition) is 8. The third-order valence-corrected chi connectivity index (χ3v) is 4.96. The van der Waals surface area contributed by atoms with Crippen molar-refractivity contribution < 1.29 is 38.1 Å². The summed E-state index contributed by atoms with van der Waals surface area (Å²) in [5.74, 6) is -4.07. The van der Waals surface area contributed by atoms with E-state index in [-0.39, 0.29) is 17.4 Å². The van der Waals surface area contributed by atoms with Crippen LogP contribution in [0.3, 0.4) is 0 Å². The number of hydrogen-bond donors (Lipinski definition) is 0. The van der Waals surface area contributed by atoms with E-state index < -0.39 is 54.5 Å². The maximum Gasteiger partial charge on any atom is 0.344 e. The molecule has 24 heavy (non-hydrogen) atoms. The normalized spacial score (nSPS) is 35.3. The topological polar surface area (TPSA) is 105 Å². The van der Waals surface area contributed by atoms with Crippen LogP contribution >= 0.6 is 0 Å². The van der Waals surface area contributed by atoms with Gasteiger partial charge in [-0.1, -0.05) is 6.58 Å². The zero-order valence-corrected chi connectivity index (χ0v) is 13.4. The lowest BCUT2D eigenvalue weighted by molar-refractivity contribution is -0.171. The average Bonchev–Trinajstić information content (AvgIpc) is 3.15. The van der Waals surface area contributed by atoms with Crippen molar-refractivity contribution in [1.82, 2.24) is 0 Å². The summed E-state index contributed by atoms with van der Waals surface area (Å²) in [4.78, 5) is 47.2. The van der Waals surface area contributed by atoms with E-state index >= 15 is 0 Å². The van der Waals surface area contributed by atoms with Crippen molar-refractivity contribution in [2.24, 2.45) is 23.7 Å². The molecule has 2 aliphatic carbocycles. The number of esters is 4. The molecule has 0 N–H and O–H groups in total. The van der Waals surface area contributed by atoms with Gasteiger partial charge in [0.1, 0.15) is 12.2 Å². The van der Waals surface area contributed by atoms with E-state index in [9.17, 15) is 19.2 Å². The summed E-state index contributed by atoms with van der Waals surface area (Å²) in [5.41, 5.74) is 0.168. The Morgan fingerprint density at radius 1 is 1.29 bits per heavy atom. The van der Waals surface area contributed by atoms with Gasteiger partial charge in [0.15, 0.2) is 6.61 Å². The van der Waals surface area contributed by atoms with E-state index in [1.807, 2.05) is 0 Å². The second-order valence-corrected chi connectivity index (χ2v) is 6.35. The highest BCUT2D eigenvalue weighted by atomic mass is 16.6. The van der Waals surface area contributed by atoms with Gasteiger partial charge in [0.2, 0.25) is 0 Å². The van der Waals surface area contributed by atoms with Crippen LogP contribution in [0.4, 0.5) is 0 Å². The first-order valence-corrected chi connectivity index (χ1v) is 7.65. The summed E-state index contributed by atoms with van der Waals surface area (Å²) in [6.07, 6.45) is -0.711. The van der Waals surface area contributed by atoms with Crippen molar-refractivity contribution in [3.05, 3.63) is 12.2 Å². The molecule has 6 atom stereocenters. The predicted molar refractivity (Wildman–Crippen MR) is 76.1 cm³/mol. The molecule has 0 amide bonds. The number of carbonyl (C=O) groups is 4. The molecule has 0 aromatic rings. The van der Waals surface area contributed by atoms with E-state index in [1.54, 1.807) is 0 Å². The molecule has 3 rings (SSSR count). The van der Waals surface area contributed by atoms with Gasteiger partial charge in [-0.05, 0) is 13.3 Å². The predicted octanol–water partition coefficient (Wildman–Crippen LogP) is -0.00200. The molecular formula is C16H18O8. The van der Waals surface area contributed by atoms with Gasteiger partial charge in [0.25, 0.3) is 0 Å². The fourth-order valence-electron chi connectivity index (χ4n) is 4.04. The zero-order chi connectivity index (χ0) is 17.6. The van der Waals surface area contributed by atoms with Gasteiger partial charge in [-0.2, -0.15) is 0 Å². The molecule has 1 aliphatic heterocycles. The zero-order valence-electron chi connectivity index (χ0n) is 13.4. The van der Waals surface area contributed by atoms with Gasteiger partial charge in [0, 0.05) is 17.4 Å². The van der Waals surface area contributed by atoms with E-state index in [0.29, 0.717) is 6.42 Å². The summed E-state index contributed by atoms with van der Waals surface area (Å²) < 4.78 is 20.2. The van der Waals surface area contributed by atoms with Gasteiger partial charge in [0.05, 0.1) is 18.9 Å². The standard InChI is InChI=1S/C16H18O8/c1-6(2)14(18)22-5-9(17)23-12-7-4-8-11(10(7)15(19)21-3)16(20)24-13(8)12/h7-8,10-13H,1,4-5H2,2-3H3/t7-,8?,10?,11?,12?,13?/m0/s1. The van der Waals surface area contributed by atoms with Crippen molar-refractivity contribution >= 4 is 23.9 Å². The fraction of sp³-hybridized carbons (Fsp3) is 0.625. The van der Waals surface area contributed by atoms with Gasteiger partial charge < -0.3 is 18.9 Å². The molecule has 0 spiro atoms. The lowest BCUT2D eigenvalue weighted by Crippen LogP contribution is -2.44. The first kappa shape index (κ1) is 16.5. The Labute approximate surface area is 138 Å². The highest BCUT2D eigenvalue weighted by Gasteiger charge is 2.70. The van der Waals surface area contributed by atoms with Crippen molar-refractivity contribution in [1.29, 1.82) is 0 Å². The van der Waals surface area contributed by atoms with Crippen LogP contribution in [0.1, 0.15) is 13.3 Å². The van der Waals surface area contributed by atoms with Gasteiger partial charge in [-0.15, -0.1) is 0 Å². The third-order valence-electron chi connectivity index (χ3n) is 4.96. The number of fused-ring (bicyclic) bond motifs is 1. The van der Waals surface area contributed by atoms with E-state index in [4.69, 9.17) is 18.9 Å². The average molecular weight is 338 g/mol. The Kier molecular flexibility index (Phi) is 4.06. The minimum atomic E-state index is -0.759. The van der Waals surface area contributed by atoms with Crippen LogP contribution in [0, 0.1) is 23.7 Å². The van der Waals surface area contributed by atoms with Crippen molar-refractivity contribution in [2.45, 2.75) is 25.6 Å². The Morgan fingerprint density at radius 3 is 2.62 bits per heavy atom. The monoisotopic (exact) mass is 338 g/mol. The summed E-state index contributed by atoms with van der Waals surface area (Å²) in [6, 6.07) is 0. The van der Waals surface area contributed by atoms with Crippen LogP contribution in [-0.2, 0) is 38.1 Å². The lowest BCUT2D eigenvalue weighted by Gasteiger charge is -2.29. The molecule has 1 heterocycles.